The highest BCUT2D eigenvalue weighted by atomic mass is 32.2. The van der Waals surface area contributed by atoms with Crippen LogP contribution in [0.2, 0.25) is 0 Å². The van der Waals surface area contributed by atoms with E-state index in [4.69, 9.17) is 4.74 Å². The third kappa shape index (κ3) is 4.48. The first-order valence-corrected chi connectivity index (χ1v) is 10.7. The number of hydrogen-bond donors (Lipinski definition) is 1. The van der Waals surface area contributed by atoms with Crippen molar-refractivity contribution in [3.05, 3.63) is 59.0 Å². The molecule has 1 heterocycles. The monoisotopic (exact) mass is 408 g/mol. The number of anilines is 1. The topological polar surface area (TPSA) is 58.6 Å². The normalized spacial score (nSPS) is 18.0. The summed E-state index contributed by atoms with van der Waals surface area (Å²) in [7, 11) is 1.62. The number of thioether (sulfide) groups is 1. The fourth-order valence-corrected chi connectivity index (χ4v) is 4.82. The lowest BCUT2D eigenvalue weighted by molar-refractivity contribution is -0.122. The van der Waals surface area contributed by atoms with Crippen molar-refractivity contribution < 1.29 is 14.3 Å². The van der Waals surface area contributed by atoms with E-state index in [9.17, 15) is 9.59 Å². The second-order valence-corrected chi connectivity index (χ2v) is 8.38. The highest BCUT2D eigenvalue weighted by molar-refractivity contribution is 8.04. The molecule has 0 aromatic heterocycles. The van der Waals surface area contributed by atoms with E-state index >= 15 is 0 Å². The molecular formula is C23H24N2O3S. The molecular weight excluding hydrogens is 384 g/mol. The Balaban J connectivity index is 1.58. The molecule has 5 nitrogen and oxygen atoms in total. The predicted molar refractivity (Wildman–Crippen MR) is 116 cm³/mol. The van der Waals surface area contributed by atoms with Gasteiger partial charge in [0.1, 0.15) is 12.3 Å². The van der Waals surface area contributed by atoms with Gasteiger partial charge in [-0.25, -0.2) is 0 Å². The van der Waals surface area contributed by atoms with Crippen LogP contribution in [0.15, 0.2) is 58.3 Å². The summed E-state index contributed by atoms with van der Waals surface area (Å²) in [4.78, 5) is 29.0. The van der Waals surface area contributed by atoms with Crippen molar-refractivity contribution >= 4 is 35.3 Å². The van der Waals surface area contributed by atoms with Gasteiger partial charge in [-0.2, -0.15) is 0 Å². The lowest BCUT2D eigenvalue weighted by Gasteiger charge is -2.30. The summed E-state index contributed by atoms with van der Waals surface area (Å²) in [6.45, 7) is 0.0346. The molecule has 2 aromatic rings. The number of carbonyl (C=O) groups is 2. The minimum absolute atomic E-state index is 0.0346. The number of amides is 2. The van der Waals surface area contributed by atoms with Crippen molar-refractivity contribution in [2.24, 2.45) is 0 Å². The minimum atomic E-state index is -0.147. The molecule has 0 radical (unpaired) electrons. The number of nitrogens with zero attached hydrogens (tertiary/aromatic N) is 1. The maximum absolute atomic E-state index is 13.2. The molecule has 0 spiro atoms. The van der Waals surface area contributed by atoms with Gasteiger partial charge in [0.2, 0.25) is 5.91 Å². The zero-order valence-electron chi connectivity index (χ0n) is 16.4. The molecule has 0 unspecified atom stereocenters. The van der Waals surface area contributed by atoms with Crippen LogP contribution >= 0.6 is 11.8 Å². The van der Waals surface area contributed by atoms with Gasteiger partial charge in [-0.15, -0.1) is 0 Å². The summed E-state index contributed by atoms with van der Waals surface area (Å²) in [6, 6.07) is 15.5. The summed E-state index contributed by atoms with van der Waals surface area (Å²) in [6.07, 6.45) is 6.22. The molecule has 150 valence electrons. The first kappa shape index (κ1) is 19.6. The number of carbonyl (C=O) groups excluding carboxylic acids is 2. The van der Waals surface area contributed by atoms with Crippen LogP contribution in [0.3, 0.4) is 0 Å². The van der Waals surface area contributed by atoms with Gasteiger partial charge in [0, 0.05) is 10.9 Å². The molecule has 6 heteroatoms. The van der Waals surface area contributed by atoms with E-state index in [0.29, 0.717) is 4.91 Å². The van der Waals surface area contributed by atoms with Crippen molar-refractivity contribution in [1.29, 1.82) is 0 Å². The van der Waals surface area contributed by atoms with Gasteiger partial charge in [0.25, 0.3) is 5.91 Å². The van der Waals surface area contributed by atoms with Gasteiger partial charge in [-0.3, -0.25) is 14.5 Å². The quantitative estimate of drug-likeness (QED) is 0.752. The molecule has 0 atom stereocenters. The van der Waals surface area contributed by atoms with Crippen molar-refractivity contribution in [2.75, 3.05) is 18.6 Å². The molecule has 1 fully saturated rings. The first-order valence-electron chi connectivity index (χ1n) is 9.88. The summed E-state index contributed by atoms with van der Waals surface area (Å²) in [5, 5.41) is 3.08. The fourth-order valence-electron chi connectivity index (χ4n) is 3.76. The Labute approximate surface area is 175 Å². The van der Waals surface area contributed by atoms with E-state index in [0.717, 1.165) is 47.6 Å². The van der Waals surface area contributed by atoms with Gasteiger partial charge in [-0.1, -0.05) is 48.9 Å². The maximum atomic E-state index is 13.2. The number of fused-ring (bicyclic) bond motifs is 1. The van der Waals surface area contributed by atoms with Crippen LogP contribution in [-0.4, -0.2) is 31.5 Å². The van der Waals surface area contributed by atoms with Gasteiger partial charge in [0.05, 0.1) is 17.7 Å². The Morgan fingerprint density at radius 3 is 2.62 bits per heavy atom. The summed E-state index contributed by atoms with van der Waals surface area (Å²) in [5.41, 5.74) is 1.70. The summed E-state index contributed by atoms with van der Waals surface area (Å²) < 4.78 is 5.20. The number of para-hydroxylation sites is 1. The van der Waals surface area contributed by atoms with Crippen LogP contribution in [0, 0.1) is 0 Å². The Morgan fingerprint density at radius 2 is 1.90 bits per heavy atom. The van der Waals surface area contributed by atoms with E-state index in [1.807, 2.05) is 54.6 Å². The van der Waals surface area contributed by atoms with Crippen LogP contribution in [-0.2, 0) is 9.59 Å². The smallest absolute Gasteiger partial charge is 0.265 e. The number of nitrogens with one attached hydrogen (secondary N) is 1. The third-order valence-electron chi connectivity index (χ3n) is 5.27. The Bertz CT molecular complexity index is 933. The zero-order chi connectivity index (χ0) is 20.2. The van der Waals surface area contributed by atoms with E-state index in [2.05, 4.69) is 5.32 Å². The van der Waals surface area contributed by atoms with E-state index < -0.39 is 0 Å². The predicted octanol–water partition coefficient (Wildman–Crippen LogP) is 4.23. The minimum Gasteiger partial charge on any atom is -0.497 e. The van der Waals surface area contributed by atoms with Gasteiger partial charge in [0.15, 0.2) is 0 Å². The molecule has 1 aliphatic carbocycles. The van der Waals surface area contributed by atoms with Crippen molar-refractivity contribution in [2.45, 2.75) is 36.6 Å². The lowest BCUT2D eigenvalue weighted by Crippen LogP contribution is -2.45. The van der Waals surface area contributed by atoms with Crippen LogP contribution in [0.1, 0.15) is 31.2 Å². The van der Waals surface area contributed by atoms with Crippen LogP contribution < -0.4 is 15.0 Å². The van der Waals surface area contributed by atoms with E-state index in [1.165, 1.54) is 11.8 Å². The highest BCUT2D eigenvalue weighted by Crippen LogP contribution is 2.42. The Hall–Kier alpha value is -2.73. The standard InChI is InChI=1S/C23H24N2O3S/c1-28-18-12-10-16(11-13-18)14-21-23(27)25(19-8-4-5-9-20(19)29-21)15-22(26)24-17-6-2-3-7-17/h4-5,8-14,17H,2-3,6-7,15H2,1H3,(H,24,26)/b21-14-. The molecule has 2 amide bonds. The fraction of sp³-hybridized carbons (Fsp3) is 0.304. The van der Waals surface area contributed by atoms with Gasteiger partial charge < -0.3 is 10.1 Å². The molecule has 1 aliphatic heterocycles. The van der Waals surface area contributed by atoms with Gasteiger partial charge >= 0.3 is 0 Å². The third-order valence-corrected chi connectivity index (χ3v) is 6.34. The van der Waals surface area contributed by atoms with Crippen LogP contribution in [0.5, 0.6) is 5.75 Å². The molecule has 2 aliphatic rings. The molecule has 0 saturated heterocycles. The second kappa shape index (κ2) is 8.74. The summed E-state index contributed by atoms with van der Waals surface area (Å²) in [5.74, 6) is 0.521. The molecule has 1 saturated carbocycles. The number of benzene rings is 2. The molecule has 2 aromatic carbocycles. The SMILES string of the molecule is COc1ccc(/C=C2\Sc3ccccc3N(CC(=O)NC3CCCC3)C2=O)cc1. The van der Waals surface area contributed by atoms with Crippen LogP contribution in [0.25, 0.3) is 6.08 Å². The van der Waals surface area contributed by atoms with Crippen molar-refractivity contribution in [3.8, 4) is 5.75 Å². The summed E-state index contributed by atoms with van der Waals surface area (Å²) >= 11 is 1.44. The number of methoxy groups -OCH3 is 1. The average Bonchev–Trinajstić information content (AvgIpc) is 3.24. The first-order chi connectivity index (χ1) is 14.1. The van der Waals surface area contributed by atoms with Crippen molar-refractivity contribution in [3.63, 3.8) is 0 Å². The van der Waals surface area contributed by atoms with Crippen LogP contribution in [0.4, 0.5) is 5.69 Å². The van der Waals surface area contributed by atoms with E-state index in [-0.39, 0.29) is 24.4 Å². The lowest BCUT2D eigenvalue weighted by atomic mass is 10.2. The number of hydrogen-bond acceptors (Lipinski definition) is 4. The van der Waals surface area contributed by atoms with E-state index in [1.54, 1.807) is 12.0 Å². The Kier molecular flexibility index (Phi) is 5.90. The number of rotatable bonds is 5. The molecule has 0 bridgehead atoms. The highest BCUT2D eigenvalue weighted by Gasteiger charge is 2.31. The zero-order valence-corrected chi connectivity index (χ0v) is 17.2. The largest absolute Gasteiger partial charge is 0.497 e. The van der Waals surface area contributed by atoms with Crippen molar-refractivity contribution in [1.82, 2.24) is 5.32 Å². The van der Waals surface area contributed by atoms with Gasteiger partial charge in [-0.05, 0) is 48.7 Å². The average molecular weight is 409 g/mol. The molecule has 1 N–H and O–H groups in total. The molecule has 29 heavy (non-hydrogen) atoms. The number of ether oxygens (including phenoxy) is 1. The maximum Gasteiger partial charge on any atom is 0.265 e. The Morgan fingerprint density at radius 1 is 1.17 bits per heavy atom. The molecule has 4 rings (SSSR count). The second-order valence-electron chi connectivity index (χ2n) is 7.29.